The fourth-order valence-electron chi connectivity index (χ4n) is 5.26. The second kappa shape index (κ2) is 7.29. The maximum atomic E-state index is 6.25. The Morgan fingerprint density at radius 3 is 2.41 bits per heavy atom. The molecule has 0 amide bonds. The van der Waals surface area contributed by atoms with Crippen LogP contribution in [0, 0.1) is 12.3 Å². The van der Waals surface area contributed by atoms with Gasteiger partial charge in [0.2, 0.25) is 11.8 Å². The second-order valence-electron chi connectivity index (χ2n) is 8.83. The highest BCUT2D eigenvalue weighted by Crippen LogP contribution is 2.59. The Hall–Kier alpha value is -1.84. The van der Waals surface area contributed by atoms with E-state index in [1.807, 2.05) is 18.2 Å². The SMILES string of the molecule is CCCCCC12CCC(c3nnc(-c4ccc(OC)cc4C)o3)(CC1)CC2. The largest absolute Gasteiger partial charge is 0.497 e. The molecule has 4 nitrogen and oxygen atoms in total. The second-order valence-corrected chi connectivity index (χ2v) is 8.83. The molecule has 3 aliphatic carbocycles. The van der Waals surface area contributed by atoms with E-state index < -0.39 is 0 Å². The molecule has 2 bridgehead atoms. The van der Waals surface area contributed by atoms with E-state index >= 15 is 0 Å². The third-order valence-corrected chi connectivity index (χ3v) is 7.25. The van der Waals surface area contributed by atoms with Gasteiger partial charge in [0, 0.05) is 11.0 Å². The lowest BCUT2D eigenvalue weighted by Gasteiger charge is -2.52. The Kier molecular flexibility index (Phi) is 5.00. The van der Waals surface area contributed by atoms with Crippen molar-refractivity contribution in [1.29, 1.82) is 0 Å². The van der Waals surface area contributed by atoms with Gasteiger partial charge in [0.25, 0.3) is 0 Å². The number of unbranched alkanes of at least 4 members (excludes halogenated alkanes) is 2. The molecule has 0 spiro atoms. The van der Waals surface area contributed by atoms with Crippen LogP contribution in [0.5, 0.6) is 5.75 Å². The minimum absolute atomic E-state index is 0.123. The van der Waals surface area contributed by atoms with Gasteiger partial charge in [-0.15, -0.1) is 10.2 Å². The van der Waals surface area contributed by atoms with Crippen molar-refractivity contribution < 1.29 is 9.15 Å². The summed E-state index contributed by atoms with van der Waals surface area (Å²) in [6.45, 7) is 4.36. The molecule has 0 unspecified atom stereocenters. The molecule has 1 aromatic heterocycles. The van der Waals surface area contributed by atoms with Crippen LogP contribution >= 0.6 is 0 Å². The quantitative estimate of drug-likeness (QED) is 0.544. The highest BCUT2D eigenvalue weighted by Gasteiger charge is 2.51. The molecule has 0 atom stereocenters. The van der Waals surface area contributed by atoms with Crippen molar-refractivity contribution in [2.45, 2.75) is 83.5 Å². The monoisotopic (exact) mass is 368 g/mol. The summed E-state index contributed by atoms with van der Waals surface area (Å²) >= 11 is 0. The fourth-order valence-corrected chi connectivity index (χ4v) is 5.26. The smallest absolute Gasteiger partial charge is 0.248 e. The summed E-state index contributed by atoms with van der Waals surface area (Å²) in [5, 5.41) is 8.93. The summed E-state index contributed by atoms with van der Waals surface area (Å²) in [7, 11) is 1.69. The lowest BCUT2D eigenvalue weighted by Crippen LogP contribution is -2.44. The summed E-state index contributed by atoms with van der Waals surface area (Å²) in [6.07, 6.45) is 13.1. The average molecular weight is 369 g/mol. The highest BCUT2D eigenvalue weighted by molar-refractivity contribution is 5.59. The number of benzene rings is 1. The van der Waals surface area contributed by atoms with E-state index in [4.69, 9.17) is 9.15 Å². The maximum Gasteiger partial charge on any atom is 0.248 e. The van der Waals surface area contributed by atoms with E-state index in [-0.39, 0.29) is 5.41 Å². The first kappa shape index (κ1) is 18.5. The molecule has 2 aromatic rings. The van der Waals surface area contributed by atoms with Crippen molar-refractivity contribution in [2.75, 3.05) is 7.11 Å². The van der Waals surface area contributed by atoms with Gasteiger partial charge in [-0.3, -0.25) is 0 Å². The predicted octanol–water partition coefficient (Wildman–Crippen LogP) is 6.23. The average Bonchev–Trinajstić information content (AvgIpc) is 3.20. The molecule has 0 saturated heterocycles. The summed E-state index contributed by atoms with van der Waals surface area (Å²) in [5.41, 5.74) is 2.83. The number of rotatable bonds is 7. The van der Waals surface area contributed by atoms with Crippen molar-refractivity contribution in [3.8, 4) is 17.2 Å². The molecule has 3 saturated carbocycles. The predicted molar refractivity (Wildman–Crippen MR) is 107 cm³/mol. The van der Waals surface area contributed by atoms with Crippen molar-refractivity contribution >= 4 is 0 Å². The molecule has 5 rings (SSSR count). The third-order valence-electron chi connectivity index (χ3n) is 7.25. The first-order valence-corrected chi connectivity index (χ1v) is 10.6. The normalized spacial score (nSPS) is 27.1. The van der Waals surface area contributed by atoms with Gasteiger partial charge < -0.3 is 9.15 Å². The number of ether oxygens (including phenoxy) is 1. The molecule has 0 N–H and O–H groups in total. The Morgan fingerprint density at radius 2 is 1.78 bits per heavy atom. The Bertz CT molecular complexity index is 771. The van der Waals surface area contributed by atoms with Crippen LogP contribution in [0.4, 0.5) is 0 Å². The molecule has 1 heterocycles. The summed E-state index contributed by atoms with van der Waals surface area (Å²) in [6, 6.07) is 5.99. The van der Waals surface area contributed by atoms with Crippen LogP contribution in [-0.4, -0.2) is 17.3 Å². The number of hydrogen-bond donors (Lipinski definition) is 0. The van der Waals surface area contributed by atoms with Gasteiger partial charge in [-0.25, -0.2) is 0 Å². The molecule has 3 fully saturated rings. The topological polar surface area (TPSA) is 48.2 Å². The van der Waals surface area contributed by atoms with Crippen LogP contribution in [0.15, 0.2) is 22.6 Å². The molecule has 0 aliphatic heterocycles. The Balaban J connectivity index is 1.50. The number of methoxy groups -OCH3 is 1. The third kappa shape index (κ3) is 3.39. The minimum atomic E-state index is 0.123. The van der Waals surface area contributed by atoms with Gasteiger partial charge in [-0.1, -0.05) is 26.2 Å². The van der Waals surface area contributed by atoms with E-state index in [0.29, 0.717) is 11.3 Å². The number of hydrogen-bond acceptors (Lipinski definition) is 4. The van der Waals surface area contributed by atoms with Gasteiger partial charge in [0.15, 0.2) is 0 Å². The van der Waals surface area contributed by atoms with Crippen LogP contribution in [0.25, 0.3) is 11.5 Å². The lowest BCUT2D eigenvalue weighted by atomic mass is 9.52. The zero-order valence-electron chi connectivity index (χ0n) is 17.0. The van der Waals surface area contributed by atoms with Crippen molar-refractivity contribution in [1.82, 2.24) is 10.2 Å². The van der Waals surface area contributed by atoms with Crippen LogP contribution in [-0.2, 0) is 5.41 Å². The van der Waals surface area contributed by atoms with Crippen molar-refractivity contribution in [2.24, 2.45) is 5.41 Å². The summed E-state index contributed by atoms with van der Waals surface area (Å²) < 4.78 is 11.6. The van der Waals surface area contributed by atoms with Gasteiger partial charge >= 0.3 is 0 Å². The first-order chi connectivity index (χ1) is 13.1. The van der Waals surface area contributed by atoms with Crippen molar-refractivity contribution in [3.63, 3.8) is 0 Å². The maximum absolute atomic E-state index is 6.25. The van der Waals surface area contributed by atoms with Crippen molar-refractivity contribution in [3.05, 3.63) is 29.7 Å². The molecule has 146 valence electrons. The Morgan fingerprint density at radius 1 is 1.04 bits per heavy atom. The van der Waals surface area contributed by atoms with Gasteiger partial charge in [0.1, 0.15) is 5.75 Å². The standard InChI is InChI=1S/C23H32N2O2/c1-4-5-6-9-22-10-13-23(14-11-22,15-12-22)21-25-24-20(27-21)19-8-7-18(26-3)16-17(19)2/h7-8,16H,4-6,9-15H2,1-3H3. The Labute approximate surface area is 162 Å². The van der Waals surface area contributed by atoms with Crippen LogP contribution in [0.2, 0.25) is 0 Å². The van der Waals surface area contributed by atoms with E-state index in [1.54, 1.807) is 7.11 Å². The van der Waals surface area contributed by atoms with Gasteiger partial charge in [-0.2, -0.15) is 0 Å². The number of nitrogens with zero attached hydrogens (tertiary/aromatic N) is 2. The molecule has 27 heavy (non-hydrogen) atoms. The first-order valence-electron chi connectivity index (χ1n) is 10.6. The highest BCUT2D eigenvalue weighted by atomic mass is 16.5. The number of aromatic nitrogens is 2. The fraction of sp³-hybridized carbons (Fsp3) is 0.652. The molecular weight excluding hydrogens is 336 g/mol. The number of fused-ring (bicyclic) bond motifs is 3. The van der Waals surface area contributed by atoms with Crippen LogP contribution in [0.1, 0.15) is 82.6 Å². The van der Waals surface area contributed by atoms with E-state index in [2.05, 4.69) is 24.0 Å². The van der Waals surface area contributed by atoms with E-state index in [1.165, 1.54) is 64.2 Å². The molecular formula is C23H32N2O2. The molecule has 1 aromatic carbocycles. The molecule has 0 radical (unpaired) electrons. The van der Waals surface area contributed by atoms with Gasteiger partial charge in [-0.05, 0) is 81.0 Å². The van der Waals surface area contributed by atoms with E-state index in [0.717, 1.165) is 22.8 Å². The minimum Gasteiger partial charge on any atom is -0.497 e. The number of aryl methyl sites for hydroxylation is 1. The van der Waals surface area contributed by atoms with Crippen LogP contribution in [0.3, 0.4) is 0 Å². The summed E-state index contributed by atoms with van der Waals surface area (Å²) in [4.78, 5) is 0. The summed E-state index contributed by atoms with van der Waals surface area (Å²) in [5.74, 6) is 2.37. The zero-order valence-corrected chi connectivity index (χ0v) is 17.0. The van der Waals surface area contributed by atoms with Gasteiger partial charge in [0.05, 0.1) is 7.11 Å². The zero-order chi connectivity index (χ0) is 18.9. The molecule has 4 heteroatoms. The molecule has 3 aliphatic rings. The lowest BCUT2D eigenvalue weighted by molar-refractivity contribution is 0.0178. The van der Waals surface area contributed by atoms with E-state index in [9.17, 15) is 0 Å². The van der Waals surface area contributed by atoms with Crippen LogP contribution < -0.4 is 4.74 Å².